The monoisotopic (exact) mass is 360 g/mol. The van der Waals surface area contributed by atoms with Crippen LogP contribution in [0.4, 0.5) is 0 Å². The van der Waals surface area contributed by atoms with E-state index < -0.39 is 35.1 Å². The van der Waals surface area contributed by atoms with Crippen LogP contribution in [0.2, 0.25) is 0 Å². The standard InChI is InChI=1S/C13H28N8O4/c14-2-10(23)19-5-13(6-20-11(24)3-15,7-21-12(25)4-16)8(17)1-9(18)22/h8H,1-7,14-17H2,(H2,18,22)(H,19,23)(H,20,24)(H,21,25). The lowest BCUT2D eigenvalue weighted by Crippen LogP contribution is -2.61. The van der Waals surface area contributed by atoms with E-state index in [1.165, 1.54) is 0 Å². The van der Waals surface area contributed by atoms with Crippen LogP contribution in [0.1, 0.15) is 6.42 Å². The first-order valence-corrected chi connectivity index (χ1v) is 7.65. The molecule has 12 heteroatoms. The van der Waals surface area contributed by atoms with Crippen molar-refractivity contribution in [2.24, 2.45) is 34.1 Å². The molecule has 0 saturated carbocycles. The second-order valence-corrected chi connectivity index (χ2v) is 5.58. The van der Waals surface area contributed by atoms with E-state index in [2.05, 4.69) is 16.0 Å². The molecule has 0 saturated heterocycles. The third-order valence-electron chi connectivity index (χ3n) is 3.68. The number of hydrogen-bond acceptors (Lipinski definition) is 8. The summed E-state index contributed by atoms with van der Waals surface area (Å²) in [5.74, 6) is -2.07. The summed E-state index contributed by atoms with van der Waals surface area (Å²) in [5.41, 5.74) is 25.9. The minimum absolute atomic E-state index is 0.0623. The van der Waals surface area contributed by atoms with Crippen molar-refractivity contribution in [1.29, 1.82) is 0 Å². The fraction of sp³-hybridized carbons (Fsp3) is 0.692. The number of nitrogens with one attached hydrogen (secondary N) is 3. The third-order valence-corrected chi connectivity index (χ3v) is 3.68. The zero-order chi connectivity index (χ0) is 19.5. The second kappa shape index (κ2) is 11.3. The zero-order valence-corrected chi connectivity index (χ0v) is 14.0. The maximum Gasteiger partial charge on any atom is 0.233 e. The zero-order valence-electron chi connectivity index (χ0n) is 14.0. The number of primary amides is 1. The van der Waals surface area contributed by atoms with Crippen molar-refractivity contribution >= 4 is 23.6 Å². The van der Waals surface area contributed by atoms with Crippen molar-refractivity contribution in [3.8, 4) is 0 Å². The molecule has 0 bridgehead atoms. The summed E-state index contributed by atoms with van der Waals surface area (Å²) >= 11 is 0. The maximum absolute atomic E-state index is 11.5. The Balaban J connectivity index is 5.46. The van der Waals surface area contributed by atoms with Crippen LogP contribution in [0, 0.1) is 5.41 Å². The molecule has 144 valence electrons. The van der Waals surface area contributed by atoms with Gasteiger partial charge in [-0.3, -0.25) is 19.2 Å². The minimum Gasteiger partial charge on any atom is -0.370 e. The molecule has 12 nitrogen and oxygen atoms in total. The fourth-order valence-corrected chi connectivity index (χ4v) is 2.05. The third kappa shape index (κ3) is 8.39. The van der Waals surface area contributed by atoms with Crippen LogP contribution in [0.5, 0.6) is 0 Å². The lowest BCUT2D eigenvalue weighted by molar-refractivity contribution is -0.120. The highest BCUT2D eigenvalue weighted by molar-refractivity contribution is 5.79. The molecule has 1 atom stereocenters. The van der Waals surface area contributed by atoms with Gasteiger partial charge in [-0.25, -0.2) is 0 Å². The summed E-state index contributed by atoms with van der Waals surface area (Å²) < 4.78 is 0. The van der Waals surface area contributed by atoms with Gasteiger partial charge in [0, 0.05) is 37.5 Å². The first-order chi connectivity index (χ1) is 11.7. The summed E-state index contributed by atoms with van der Waals surface area (Å²) in [5, 5.41) is 7.65. The van der Waals surface area contributed by atoms with Crippen molar-refractivity contribution in [1.82, 2.24) is 16.0 Å². The summed E-state index contributed by atoms with van der Waals surface area (Å²) in [6, 6.07) is -0.876. The van der Waals surface area contributed by atoms with Crippen molar-refractivity contribution in [3.63, 3.8) is 0 Å². The van der Waals surface area contributed by atoms with Gasteiger partial charge in [0.2, 0.25) is 23.6 Å². The Kier molecular flexibility index (Phi) is 10.3. The van der Waals surface area contributed by atoms with E-state index in [0.717, 1.165) is 0 Å². The molecule has 4 amide bonds. The molecular formula is C13H28N8O4. The van der Waals surface area contributed by atoms with E-state index in [9.17, 15) is 19.2 Å². The highest BCUT2D eigenvalue weighted by Crippen LogP contribution is 2.21. The van der Waals surface area contributed by atoms with Crippen LogP contribution in [0.3, 0.4) is 0 Å². The maximum atomic E-state index is 11.5. The van der Waals surface area contributed by atoms with Gasteiger partial charge in [-0.1, -0.05) is 0 Å². The molecule has 0 aromatic rings. The van der Waals surface area contributed by atoms with Gasteiger partial charge in [0.25, 0.3) is 0 Å². The van der Waals surface area contributed by atoms with E-state index in [0.29, 0.717) is 0 Å². The second-order valence-electron chi connectivity index (χ2n) is 5.58. The Labute approximate surface area is 145 Å². The molecule has 0 radical (unpaired) electrons. The Morgan fingerprint density at radius 3 is 1.32 bits per heavy atom. The molecule has 25 heavy (non-hydrogen) atoms. The molecule has 0 aliphatic heterocycles. The lowest BCUT2D eigenvalue weighted by Gasteiger charge is -2.39. The smallest absolute Gasteiger partial charge is 0.233 e. The Bertz CT molecular complexity index is 434. The number of amides is 4. The van der Waals surface area contributed by atoms with E-state index in [4.69, 9.17) is 28.7 Å². The van der Waals surface area contributed by atoms with Crippen LogP contribution in [-0.2, 0) is 19.2 Å². The van der Waals surface area contributed by atoms with Gasteiger partial charge in [0.1, 0.15) is 0 Å². The number of carbonyl (C=O) groups excluding carboxylic acids is 4. The van der Waals surface area contributed by atoms with E-state index >= 15 is 0 Å². The molecule has 0 aromatic carbocycles. The molecule has 0 aromatic heterocycles. The van der Waals surface area contributed by atoms with Crippen molar-refractivity contribution in [2.45, 2.75) is 12.5 Å². The van der Waals surface area contributed by atoms with Gasteiger partial charge in [-0.2, -0.15) is 0 Å². The van der Waals surface area contributed by atoms with Crippen LogP contribution in [0.25, 0.3) is 0 Å². The fourth-order valence-electron chi connectivity index (χ4n) is 2.05. The van der Waals surface area contributed by atoms with Crippen LogP contribution < -0.4 is 44.6 Å². The predicted octanol–water partition coefficient (Wildman–Crippen LogP) is -5.60. The Morgan fingerprint density at radius 2 is 1.08 bits per heavy atom. The Morgan fingerprint density at radius 1 is 0.760 bits per heavy atom. The average Bonchev–Trinajstić information content (AvgIpc) is 2.59. The first-order valence-electron chi connectivity index (χ1n) is 7.65. The number of hydrogen-bond donors (Lipinski definition) is 8. The van der Waals surface area contributed by atoms with Gasteiger partial charge in [0.15, 0.2) is 0 Å². The SMILES string of the molecule is NCC(=O)NCC(CNC(=O)CN)(CNC(=O)CN)C(N)CC(N)=O. The molecule has 1 unspecified atom stereocenters. The van der Waals surface area contributed by atoms with Gasteiger partial charge >= 0.3 is 0 Å². The summed E-state index contributed by atoms with van der Waals surface area (Å²) in [6.07, 6.45) is -0.227. The van der Waals surface area contributed by atoms with Gasteiger partial charge in [-0.05, 0) is 0 Å². The predicted molar refractivity (Wildman–Crippen MR) is 90.4 cm³/mol. The normalized spacial score (nSPS) is 12.2. The van der Waals surface area contributed by atoms with Gasteiger partial charge < -0.3 is 44.6 Å². The Hall–Kier alpha value is -2.28. The van der Waals surface area contributed by atoms with Gasteiger partial charge in [0.05, 0.1) is 19.6 Å². The molecule has 0 aliphatic carbocycles. The van der Waals surface area contributed by atoms with Crippen LogP contribution >= 0.6 is 0 Å². The summed E-state index contributed by atoms with van der Waals surface area (Å²) in [7, 11) is 0. The number of nitrogens with two attached hydrogens (primary N) is 5. The number of carbonyl (C=O) groups is 4. The molecule has 0 aliphatic rings. The van der Waals surface area contributed by atoms with Crippen LogP contribution in [-0.4, -0.2) is 68.9 Å². The van der Waals surface area contributed by atoms with E-state index in [1.54, 1.807) is 0 Å². The highest BCUT2D eigenvalue weighted by atomic mass is 16.2. The lowest BCUT2D eigenvalue weighted by atomic mass is 9.78. The first kappa shape index (κ1) is 22.7. The molecule has 0 fully saturated rings. The van der Waals surface area contributed by atoms with E-state index in [1.807, 2.05) is 0 Å². The summed E-state index contributed by atoms with van der Waals surface area (Å²) in [4.78, 5) is 45.8. The largest absolute Gasteiger partial charge is 0.370 e. The molecule has 0 heterocycles. The van der Waals surface area contributed by atoms with Crippen molar-refractivity contribution < 1.29 is 19.2 Å². The topological polar surface area (TPSA) is 234 Å². The van der Waals surface area contributed by atoms with E-state index in [-0.39, 0.29) is 45.7 Å². The molecular weight excluding hydrogens is 332 g/mol. The quantitative estimate of drug-likeness (QED) is 0.166. The van der Waals surface area contributed by atoms with Gasteiger partial charge in [-0.15, -0.1) is 0 Å². The van der Waals surface area contributed by atoms with Crippen molar-refractivity contribution in [2.75, 3.05) is 39.3 Å². The highest BCUT2D eigenvalue weighted by Gasteiger charge is 2.38. The molecule has 0 spiro atoms. The summed E-state index contributed by atoms with van der Waals surface area (Å²) in [6.45, 7) is -0.962. The minimum atomic E-state index is -1.10. The average molecular weight is 360 g/mol. The number of rotatable bonds is 12. The molecule has 13 N–H and O–H groups in total. The molecule has 0 rings (SSSR count). The van der Waals surface area contributed by atoms with Crippen LogP contribution in [0.15, 0.2) is 0 Å². The van der Waals surface area contributed by atoms with Crippen molar-refractivity contribution in [3.05, 3.63) is 0 Å².